The van der Waals surface area contributed by atoms with Gasteiger partial charge in [0.15, 0.2) is 0 Å². The minimum Gasteiger partial charge on any atom is -0.474 e. The molecule has 0 fully saturated rings. The van der Waals surface area contributed by atoms with Gasteiger partial charge in [-0.1, -0.05) is 13.0 Å². The van der Waals surface area contributed by atoms with Crippen LogP contribution in [0.2, 0.25) is 0 Å². The average Bonchev–Trinajstić information content (AvgIpc) is 2.83. The Balaban J connectivity index is 2.38. The van der Waals surface area contributed by atoms with Crippen LogP contribution in [-0.2, 0) is 6.42 Å². The van der Waals surface area contributed by atoms with Gasteiger partial charge in [0.2, 0.25) is 5.88 Å². The molecule has 5 heteroatoms. The Labute approximate surface area is 111 Å². The lowest BCUT2D eigenvalue weighted by atomic mass is 10.1. The van der Waals surface area contributed by atoms with Gasteiger partial charge < -0.3 is 9.72 Å². The molecule has 0 saturated carbocycles. The molecule has 2 rings (SSSR count). The van der Waals surface area contributed by atoms with E-state index < -0.39 is 0 Å². The molecule has 1 N–H and O–H groups in total. The third kappa shape index (κ3) is 2.91. The third-order valence-corrected chi connectivity index (χ3v) is 2.93. The number of nitrogens with one attached hydrogen (secondary N) is 1. The van der Waals surface area contributed by atoms with Crippen molar-refractivity contribution >= 4 is 11.0 Å². The van der Waals surface area contributed by atoms with E-state index in [1.165, 1.54) is 12.4 Å². The average molecular weight is 256 g/mol. The van der Waals surface area contributed by atoms with Crippen molar-refractivity contribution in [2.45, 2.75) is 32.8 Å². The number of fused-ring (bicyclic) bond motifs is 1. The van der Waals surface area contributed by atoms with Gasteiger partial charge in [-0.2, -0.15) is 5.26 Å². The molecular weight excluding hydrogens is 240 g/mol. The first kappa shape index (κ1) is 13.1. The maximum absolute atomic E-state index is 8.52. The molecule has 0 bridgehead atoms. The fourth-order valence-corrected chi connectivity index (χ4v) is 1.76. The standard InChI is InChI=1S/C14H16N4O/c1-3-10(2)19-14-12-11(6-4-5-7-15)8-16-13(12)17-9-18-14/h4-5,8-10H,3,6H2,1-2H3,(H,16,17,18)/b5-4+. The molecule has 2 aromatic heterocycles. The fourth-order valence-electron chi connectivity index (χ4n) is 1.76. The lowest BCUT2D eigenvalue weighted by Gasteiger charge is -2.12. The normalized spacial score (nSPS) is 12.7. The van der Waals surface area contributed by atoms with E-state index in [0.717, 1.165) is 23.0 Å². The highest BCUT2D eigenvalue weighted by Gasteiger charge is 2.13. The summed E-state index contributed by atoms with van der Waals surface area (Å²) >= 11 is 0. The summed E-state index contributed by atoms with van der Waals surface area (Å²) in [6.45, 7) is 4.08. The number of aromatic amines is 1. The number of aromatic nitrogens is 3. The van der Waals surface area contributed by atoms with Crippen molar-refractivity contribution in [2.75, 3.05) is 0 Å². The van der Waals surface area contributed by atoms with Gasteiger partial charge in [-0.3, -0.25) is 0 Å². The van der Waals surface area contributed by atoms with Crippen LogP contribution in [0.4, 0.5) is 0 Å². The largest absolute Gasteiger partial charge is 0.474 e. The summed E-state index contributed by atoms with van der Waals surface area (Å²) in [5, 5.41) is 9.41. The summed E-state index contributed by atoms with van der Waals surface area (Å²) < 4.78 is 5.82. The van der Waals surface area contributed by atoms with E-state index in [0.29, 0.717) is 12.3 Å². The van der Waals surface area contributed by atoms with Crippen LogP contribution in [0.25, 0.3) is 11.0 Å². The van der Waals surface area contributed by atoms with Gasteiger partial charge >= 0.3 is 0 Å². The van der Waals surface area contributed by atoms with Crippen molar-refractivity contribution in [3.05, 3.63) is 30.2 Å². The number of allylic oxidation sites excluding steroid dienone is 2. The lowest BCUT2D eigenvalue weighted by Crippen LogP contribution is -2.11. The number of ether oxygens (including phenoxy) is 1. The molecule has 19 heavy (non-hydrogen) atoms. The maximum Gasteiger partial charge on any atom is 0.226 e. The Hall–Kier alpha value is -2.35. The Morgan fingerprint density at radius 3 is 3.11 bits per heavy atom. The minimum absolute atomic E-state index is 0.107. The van der Waals surface area contributed by atoms with Crippen LogP contribution in [-0.4, -0.2) is 21.1 Å². The number of nitriles is 1. The highest BCUT2D eigenvalue weighted by molar-refractivity contribution is 5.84. The molecule has 0 aromatic carbocycles. The summed E-state index contributed by atoms with van der Waals surface area (Å²) in [5.74, 6) is 0.598. The summed E-state index contributed by atoms with van der Waals surface area (Å²) in [6, 6.07) is 1.98. The molecule has 0 aliphatic rings. The van der Waals surface area contributed by atoms with E-state index in [1.54, 1.807) is 0 Å². The highest BCUT2D eigenvalue weighted by atomic mass is 16.5. The maximum atomic E-state index is 8.52. The Morgan fingerprint density at radius 2 is 2.37 bits per heavy atom. The molecule has 1 atom stereocenters. The van der Waals surface area contributed by atoms with E-state index in [1.807, 2.05) is 25.3 Å². The van der Waals surface area contributed by atoms with Gasteiger partial charge in [-0.15, -0.1) is 0 Å². The summed E-state index contributed by atoms with van der Waals surface area (Å²) in [6.07, 6.45) is 8.32. The van der Waals surface area contributed by atoms with Gasteiger partial charge in [-0.25, -0.2) is 9.97 Å². The van der Waals surface area contributed by atoms with Gasteiger partial charge in [0, 0.05) is 12.3 Å². The van der Waals surface area contributed by atoms with E-state index >= 15 is 0 Å². The first-order valence-corrected chi connectivity index (χ1v) is 6.28. The molecule has 0 radical (unpaired) electrons. The van der Waals surface area contributed by atoms with Crippen LogP contribution in [0.15, 0.2) is 24.7 Å². The predicted molar refractivity (Wildman–Crippen MR) is 72.7 cm³/mol. The van der Waals surface area contributed by atoms with Crippen LogP contribution in [0.3, 0.4) is 0 Å². The zero-order valence-electron chi connectivity index (χ0n) is 11.1. The first-order chi connectivity index (χ1) is 9.26. The SMILES string of the molecule is CCC(C)Oc1ncnc2[nH]cc(C/C=C/C#N)c12. The monoisotopic (exact) mass is 256 g/mol. The molecule has 98 valence electrons. The summed E-state index contributed by atoms with van der Waals surface area (Å²) in [7, 11) is 0. The second kappa shape index (κ2) is 6.01. The quantitative estimate of drug-likeness (QED) is 0.835. The van der Waals surface area contributed by atoms with E-state index in [-0.39, 0.29) is 6.10 Å². The third-order valence-electron chi connectivity index (χ3n) is 2.93. The Bertz CT molecular complexity index is 624. The predicted octanol–water partition coefficient (Wildman–Crippen LogP) is 2.76. The number of rotatable bonds is 5. The smallest absolute Gasteiger partial charge is 0.226 e. The summed E-state index contributed by atoms with van der Waals surface area (Å²) in [5.41, 5.74) is 1.79. The Kier molecular flexibility index (Phi) is 4.14. The minimum atomic E-state index is 0.107. The van der Waals surface area contributed by atoms with E-state index in [4.69, 9.17) is 10.00 Å². The number of H-pyrrole nitrogens is 1. The van der Waals surface area contributed by atoms with Crippen LogP contribution in [0, 0.1) is 11.3 Å². The molecule has 0 spiro atoms. The van der Waals surface area contributed by atoms with Crippen molar-refractivity contribution in [3.63, 3.8) is 0 Å². The van der Waals surface area contributed by atoms with Gasteiger partial charge in [0.05, 0.1) is 17.6 Å². The summed E-state index contributed by atoms with van der Waals surface area (Å²) in [4.78, 5) is 11.5. The fraction of sp³-hybridized carbons (Fsp3) is 0.357. The first-order valence-electron chi connectivity index (χ1n) is 6.28. The Morgan fingerprint density at radius 1 is 1.53 bits per heavy atom. The second-order valence-corrected chi connectivity index (χ2v) is 4.29. The van der Waals surface area contributed by atoms with Gasteiger partial charge in [0.25, 0.3) is 0 Å². The van der Waals surface area contributed by atoms with Gasteiger partial charge in [-0.05, 0) is 25.3 Å². The van der Waals surface area contributed by atoms with Crippen molar-refractivity contribution < 1.29 is 4.74 Å². The van der Waals surface area contributed by atoms with Crippen LogP contribution in [0.1, 0.15) is 25.8 Å². The molecular formula is C14H16N4O. The van der Waals surface area contributed by atoms with E-state index in [9.17, 15) is 0 Å². The molecule has 0 saturated heterocycles. The zero-order valence-corrected chi connectivity index (χ0v) is 11.1. The van der Waals surface area contributed by atoms with Crippen LogP contribution < -0.4 is 4.74 Å². The molecule has 5 nitrogen and oxygen atoms in total. The van der Waals surface area contributed by atoms with Crippen molar-refractivity contribution in [3.8, 4) is 11.9 Å². The van der Waals surface area contributed by atoms with Crippen molar-refractivity contribution in [2.24, 2.45) is 0 Å². The van der Waals surface area contributed by atoms with Crippen LogP contribution in [0.5, 0.6) is 5.88 Å². The van der Waals surface area contributed by atoms with Gasteiger partial charge in [0.1, 0.15) is 12.0 Å². The molecule has 2 heterocycles. The second-order valence-electron chi connectivity index (χ2n) is 4.29. The molecule has 2 aromatic rings. The topological polar surface area (TPSA) is 74.6 Å². The number of hydrogen-bond donors (Lipinski definition) is 1. The van der Waals surface area contributed by atoms with Crippen LogP contribution >= 0.6 is 0 Å². The molecule has 0 amide bonds. The van der Waals surface area contributed by atoms with Crippen molar-refractivity contribution in [1.29, 1.82) is 5.26 Å². The molecule has 0 aliphatic carbocycles. The lowest BCUT2D eigenvalue weighted by molar-refractivity contribution is 0.211. The molecule has 1 unspecified atom stereocenters. The zero-order chi connectivity index (χ0) is 13.7. The number of hydrogen-bond acceptors (Lipinski definition) is 4. The number of nitrogens with zero attached hydrogens (tertiary/aromatic N) is 3. The van der Waals surface area contributed by atoms with E-state index in [2.05, 4.69) is 21.9 Å². The molecule has 0 aliphatic heterocycles. The highest BCUT2D eigenvalue weighted by Crippen LogP contribution is 2.26. The van der Waals surface area contributed by atoms with Crippen molar-refractivity contribution in [1.82, 2.24) is 15.0 Å².